The third-order valence-corrected chi connectivity index (χ3v) is 3.42. The van der Waals surface area contributed by atoms with Gasteiger partial charge < -0.3 is 10.2 Å². The zero-order valence-electron chi connectivity index (χ0n) is 13.0. The van der Waals surface area contributed by atoms with Crippen molar-refractivity contribution in [3.63, 3.8) is 0 Å². The van der Waals surface area contributed by atoms with Gasteiger partial charge in [0.25, 0.3) is 5.56 Å². The van der Waals surface area contributed by atoms with Crippen LogP contribution in [0.3, 0.4) is 0 Å². The Morgan fingerprint density at radius 2 is 2.00 bits per heavy atom. The Hall–Kier alpha value is -1.36. The van der Waals surface area contributed by atoms with E-state index < -0.39 is 0 Å². The van der Waals surface area contributed by atoms with Crippen molar-refractivity contribution < 1.29 is 0 Å². The predicted octanol–water partition coefficient (Wildman–Crippen LogP) is 2.26. The van der Waals surface area contributed by atoms with Crippen LogP contribution in [0.4, 0.5) is 5.95 Å². The van der Waals surface area contributed by atoms with Gasteiger partial charge in [0, 0.05) is 18.3 Å². The molecule has 1 aromatic rings. The number of nitrogens with zero attached hydrogens (tertiary/aromatic N) is 2. The van der Waals surface area contributed by atoms with E-state index in [1.807, 2.05) is 0 Å². The van der Waals surface area contributed by atoms with Gasteiger partial charge in [-0.15, -0.1) is 0 Å². The van der Waals surface area contributed by atoms with Crippen LogP contribution in [0.1, 0.15) is 45.7 Å². The Bertz CT molecular complexity index is 426. The van der Waals surface area contributed by atoms with Gasteiger partial charge in [-0.2, -0.15) is 0 Å². The number of hydrogen-bond donors (Lipinski definition) is 2. The lowest BCUT2D eigenvalue weighted by atomic mass is 10.2. The summed E-state index contributed by atoms with van der Waals surface area (Å²) in [6.07, 6.45) is 4.10. The Balaban J connectivity index is 2.43. The molecule has 0 fully saturated rings. The smallest absolute Gasteiger partial charge is 0.252 e. The quantitative estimate of drug-likeness (QED) is 0.645. The number of nitrogens with one attached hydrogen (secondary N) is 2. The number of anilines is 1. The molecule has 2 N–H and O–H groups in total. The van der Waals surface area contributed by atoms with E-state index in [2.05, 4.69) is 41.0 Å². The molecule has 0 amide bonds. The van der Waals surface area contributed by atoms with E-state index in [-0.39, 0.29) is 5.56 Å². The van der Waals surface area contributed by atoms with Crippen molar-refractivity contribution in [3.8, 4) is 0 Å². The molecule has 0 bridgehead atoms. The standard InChI is InChI=1S/C15H28N4O/c1-4-7-9-13-12-14(20)18-15(17-13)16-10-8-11-19(5-2)6-3/h12H,4-11H2,1-3H3,(H2,16,17,18,20). The molecule has 1 aromatic heterocycles. The highest BCUT2D eigenvalue weighted by Crippen LogP contribution is 2.02. The van der Waals surface area contributed by atoms with Crippen LogP contribution in [-0.2, 0) is 6.42 Å². The molecular formula is C15H28N4O. The van der Waals surface area contributed by atoms with Crippen molar-refractivity contribution >= 4 is 5.95 Å². The fraction of sp³-hybridized carbons (Fsp3) is 0.733. The van der Waals surface area contributed by atoms with Crippen molar-refractivity contribution in [2.75, 3.05) is 31.5 Å². The lowest BCUT2D eigenvalue weighted by molar-refractivity contribution is 0.303. The molecule has 5 heteroatoms. The Kier molecular flexibility index (Phi) is 7.95. The molecule has 0 aliphatic heterocycles. The highest BCUT2D eigenvalue weighted by molar-refractivity contribution is 5.24. The van der Waals surface area contributed by atoms with Gasteiger partial charge in [-0.1, -0.05) is 27.2 Å². The van der Waals surface area contributed by atoms with E-state index in [9.17, 15) is 4.79 Å². The SMILES string of the molecule is CCCCc1cc(=O)[nH]c(NCCCN(CC)CC)n1. The fourth-order valence-corrected chi connectivity index (χ4v) is 2.13. The van der Waals surface area contributed by atoms with Crippen molar-refractivity contribution in [1.82, 2.24) is 14.9 Å². The molecule has 0 saturated carbocycles. The summed E-state index contributed by atoms with van der Waals surface area (Å²) in [5, 5.41) is 3.21. The minimum absolute atomic E-state index is 0.0719. The molecule has 0 aromatic carbocycles. The van der Waals surface area contributed by atoms with Gasteiger partial charge >= 0.3 is 0 Å². The first-order valence-corrected chi connectivity index (χ1v) is 7.76. The topological polar surface area (TPSA) is 61.0 Å². The number of H-pyrrole nitrogens is 1. The fourth-order valence-electron chi connectivity index (χ4n) is 2.13. The Morgan fingerprint density at radius 1 is 1.25 bits per heavy atom. The first kappa shape index (κ1) is 16.7. The van der Waals surface area contributed by atoms with E-state index >= 15 is 0 Å². The maximum absolute atomic E-state index is 11.6. The molecule has 1 heterocycles. The number of rotatable bonds is 10. The average Bonchev–Trinajstić information content (AvgIpc) is 2.45. The van der Waals surface area contributed by atoms with Crippen LogP contribution in [0.5, 0.6) is 0 Å². The van der Waals surface area contributed by atoms with E-state index in [4.69, 9.17) is 0 Å². The van der Waals surface area contributed by atoms with E-state index in [1.54, 1.807) is 6.07 Å². The van der Waals surface area contributed by atoms with Gasteiger partial charge in [0.1, 0.15) is 0 Å². The van der Waals surface area contributed by atoms with Gasteiger partial charge in [0.2, 0.25) is 5.95 Å². The molecule has 0 aliphatic carbocycles. The van der Waals surface area contributed by atoms with Crippen LogP contribution >= 0.6 is 0 Å². The third kappa shape index (κ3) is 6.19. The van der Waals surface area contributed by atoms with Gasteiger partial charge in [-0.05, 0) is 38.9 Å². The minimum Gasteiger partial charge on any atom is -0.356 e. The van der Waals surface area contributed by atoms with Crippen LogP contribution in [0.2, 0.25) is 0 Å². The second-order valence-electron chi connectivity index (χ2n) is 5.00. The van der Waals surface area contributed by atoms with Crippen molar-refractivity contribution in [2.45, 2.75) is 46.5 Å². The predicted molar refractivity (Wildman–Crippen MR) is 84.4 cm³/mol. The molecule has 20 heavy (non-hydrogen) atoms. The molecule has 0 atom stereocenters. The zero-order valence-corrected chi connectivity index (χ0v) is 13.0. The molecule has 0 radical (unpaired) electrons. The highest BCUT2D eigenvalue weighted by atomic mass is 16.1. The zero-order chi connectivity index (χ0) is 14.8. The number of aromatic nitrogens is 2. The number of unbranched alkanes of at least 4 members (excludes halogenated alkanes) is 1. The third-order valence-electron chi connectivity index (χ3n) is 3.42. The lowest BCUT2D eigenvalue weighted by Gasteiger charge is -2.17. The molecule has 0 aliphatic rings. The Morgan fingerprint density at radius 3 is 2.65 bits per heavy atom. The van der Waals surface area contributed by atoms with Gasteiger partial charge in [0.15, 0.2) is 0 Å². The van der Waals surface area contributed by atoms with Gasteiger partial charge in [-0.25, -0.2) is 4.98 Å². The largest absolute Gasteiger partial charge is 0.356 e. The molecule has 0 saturated heterocycles. The molecule has 5 nitrogen and oxygen atoms in total. The number of aryl methyl sites for hydroxylation is 1. The second kappa shape index (κ2) is 9.53. The van der Waals surface area contributed by atoms with Crippen molar-refractivity contribution in [3.05, 3.63) is 22.1 Å². The summed E-state index contributed by atoms with van der Waals surface area (Å²) in [5.74, 6) is 0.600. The molecule has 114 valence electrons. The highest BCUT2D eigenvalue weighted by Gasteiger charge is 2.02. The minimum atomic E-state index is -0.0719. The van der Waals surface area contributed by atoms with Crippen LogP contribution in [0.25, 0.3) is 0 Å². The summed E-state index contributed by atoms with van der Waals surface area (Å²) < 4.78 is 0. The van der Waals surface area contributed by atoms with Gasteiger partial charge in [-0.3, -0.25) is 9.78 Å². The first-order chi connectivity index (χ1) is 9.69. The van der Waals surface area contributed by atoms with Crippen molar-refractivity contribution in [1.29, 1.82) is 0 Å². The molecule has 1 rings (SSSR count). The summed E-state index contributed by atoms with van der Waals surface area (Å²) in [6, 6.07) is 1.59. The normalized spacial score (nSPS) is 11.0. The number of hydrogen-bond acceptors (Lipinski definition) is 4. The van der Waals surface area contributed by atoms with Crippen LogP contribution in [-0.4, -0.2) is 41.0 Å². The van der Waals surface area contributed by atoms with E-state index in [1.165, 1.54) is 0 Å². The summed E-state index contributed by atoms with van der Waals surface area (Å²) in [4.78, 5) is 21.1. The summed E-state index contributed by atoms with van der Waals surface area (Å²) in [7, 11) is 0. The van der Waals surface area contributed by atoms with Crippen LogP contribution < -0.4 is 10.9 Å². The van der Waals surface area contributed by atoms with Crippen molar-refractivity contribution in [2.24, 2.45) is 0 Å². The maximum Gasteiger partial charge on any atom is 0.252 e. The maximum atomic E-state index is 11.6. The van der Waals surface area contributed by atoms with E-state index in [0.717, 1.165) is 57.6 Å². The van der Waals surface area contributed by atoms with E-state index in [0.29, 0.717) is 5.95 Å². The second-order valence-corrected chi connectivity index (χ2v) is 5.00. The summed E-state index contributed by atoms with van der Waals surface area (Å²) in [6.45, 7) is 10.5. The monoisotopic (exact) mass is 280 g/mol. The summed E-state index contributed by atoms with van der Waals surface area (Å²) >= 11 is 0. The van der Waals surface area contributed by atoms with Gasteiger partial charge in [0.05, 0.1) is 0 Å². The average molecular weight is 280 g/mol. The first-order valence-electron chi connectivity index (χ1n) is 7.76. The lowest BCUT2D eigenvalue weighted by Crippen LogP contribution is -2.25. The molecular weight excluding hydrogens is 252 g/mol. The molecule has 0 unspecified atom stereocenters. The van der Waals surface area contributed by atoms with Crippen LogP contribution in [0.15, 0.2) is 10.9 Å². The van der Waals surface area contributed by atoms with Crippen LogP contribution in [0, 0.1) is 0 Å². The molecule has 0 spiro atoms. The number of aromatic amines is 1. The Labute approximate surface area is 121 Å². The summed E-state index contributed by atoms with van der Waals surface area (Å²) in [5.41, 5.74) is 0.805.